The number of rotatable bonds is 4. The SMILES string of the molecule is Cc1cc(C(=O)NCC2(C)CCNCC2)c(C)n1C1CCCCC1.Cl. The van der Waals surface area contributed by atoms with Crippen LogP contribution >= 0.6 is 12.4 Å². The second-order valence-corrected chi connectivity index (χ2v) is 8.19. The number of nitrogens with one attached hydrogen (secondary N) is 2. The molecule has 0 unspecified atom stereocenters. The number of halogens is 1. The van der Waals surface area contributed by atoms with E-state index in [9.17, 15) is 4.79 Å². The van der Waals surface area contributed by atoms with Crippen molar-refractivity contribution < 1.29 is 4.79 Å². The summed E-state index contributed by atoms with van der Waals surface area (Å²) in [5.41, 5.74) is 3.48. The summed E-state index contributed by atoms with van der Waals surface area (Å²) in [6.07, 6.45) is 8.76. The number of hydrogen-bond donors (Lipinski definition) is 2. The Labute approximate surface area is 158 Å². The minimum atomic E-state index is 0. The standard InChI is InChI=1S/C20H33N3O.ClH/c1-15-13-18(16(2)23(15)17-7-5-4-6-8-17)19(24)22-14-20(3)9-11-21-12-10-20;/h13,17,21H,4-12,14H2,1-3H3,(H,22,24);1H. The summed E-state index contributed by atoms with van der Waals surface area (Å²) in [7, 11) is 0. The van der Waals surface area contributed by atoms with Crippen LogP contribution in [0.25, 0.3) is 0 Å². The van der Waals surface area contributed by atoms with Crippen molar-refractivity contribution in [1.29, 1.82) is 0 Å². The smallest absolute Gasteiger partial charge is 0.253 e. The fourth-order valence-electron chi connectivity index (χ4n) is 4.50. The Morgan fingerprint density at radius 1 is 1.24 bits per heavy atom. The molecule has 2 aliphatic rings. The molecule has 1 aliphatic carbocycles. The lowest BCUT2D eigenvalue weighted by molar-refractivity contribution is 0.0921. The van der Waals surface area contributed by atoms with Crippen molar-refractivity contribution in [2.45, 2.75) is 71.8 Å². The molecule has 0 atom stereocenters. The summed E-state index contributed by atoms with van der Waals surface area (Å²) in [6.45, 7) is 9.44. The number of piperidine rings is 1. The molecule has 3 rings (SSSR count). The number of hydrogen-bond acceptors (Lipinski definition) is 2. The third-order valence-corrected chi connectivity index (χ3v) is 6.16. The summed E-state index contributed by atoms with van der Waals surface area (Å²) < 4.78 is 2.42. The molecular formula is C20H34ClN3O. The molecule has 0 aromatic carbocycles. The number of carbonyl (C=O) groups excluding carboxylic acids is 1. The van der Waals surface area contributed by atoms with Gasteiger partial charge in [-0.05, 0) is 64.1 Å². The molecule has 1 amide bonds. The molecule has 0 radical (unpaired) electrons. The number of aryl methyl sites for hydroxylation is 1. The lowest BCUT2D eigenvalue weighted by Crippen LogP contribution is -2.43. The fourth-order valence-corrected chi connectivity index (χ4v) is 4.50. The lowest BCUT2D eigenvalue weighted by atomic mass is 9.81. The first-order chi connectivity index (χ1) is 11.5. The largest absolute Gasteiger partial charge is 0.351 e. The molecule has 0 spiro atoms. The van der Waals surface area contributed by atoms with Crippen LogP contribution in [-0.2, 0) is 0 Å². The summed E-state index contributed by atoms with van der Waals surface area (Å²) in [4.78, 5) is 12.8. The Balaban J connectivity index is 0.00000225. The molecular weight excluding hydrogens is 334 g/mol. The van der Waals surface area contributed by atoms with Crippen molar-refractivity contribution in [2.75, 3.05) is 19.6 Å². The Bertz CT molecular complexity index is 584. The number of aromatic nitrogens is 1. The Hall–Kier alpha value is -1.000. The van der Waals surface area contributed by atoms with Gasteiger partial charge in [-0.1, -0.05) is 26.2 Å². The zero-order valence-corrected chi connectivity index (χ0v) is 16.8. The van der Waals surface area contributed by atoms with Gasteiger partial charge in [-0.25, -0.2) is 0 Å². The summed E-state index contributed by atoms with van der Waals surface area (Å²) in [5.74, 6) is 0.102. The highest BCUT2D eigenvalue weighted by Crippen LogP contribution is 2.32. The molecule has 2 fully saturated rings. The van der Waals surface area contributed by atoms with E-state index < -0.39 is 0 Å². The van der Waals surface area contributed by atoms with Gasteiger partial charge in [0.25, 0.3) is 5.91 Å². The minimum absolute atomic E-state index is 0. The van der Waals surface area contributed by atoms with Crippen molar-refractivity contribution in [1.82, 2.24) is 15.2 Å². The van der Waals surface area contributed by atoms with Gasteiger partial charge < -0.3 is 15.2 Å². The van der Waals surface area contributed by atoms with Crippen LogP contribution in [0, 0.1) is 19.3 Å². The average Bonchev–Trinajstić information content (AvgIpc) is 2.89. The van der Waals surface area contributed by atoms with E-state index >= 15 is 0 Å². The van der Waals surface area contributed by atoms with Crippen molar-refractivity contribution in [3.8, 4) is 0 Å². The highest BCUT2D eigenvalue weighted by Gasteiger charge is 2.28. The van der Waals surface area contributed by atoms with Crippen molar-refractivity contribution in [3.05, 3.63) is 23.0 Å². The topological polar surface area (TPSA) is 46.1 Å². The second kappa shape index (κ2) is 8.59. The van der Waals surface area contributed by atoms with Crippen LogP contribution in [0.5, 0.6) is 0 Å². The van der Waals surface area contributed by atoms with Gasteiger partial charge in [-0.15, -0.1) is 12.4 Å². The molecule has 1 aromatic rings. The van der Waals surface area contributed by atoms with Crippen LogP contribution in [0.1, 0.15) is 79.7 Å². The van der Waals surface area contributed by atoms with Crippen LogP contribution in [0.4, 0.5) is 0 Å². The normalized spacial score (nSPS) is 20.8. The Morgan fingerprint density at radius 3 is 2.52 bits per heavy atom. The van der Waals surface area contributed by atoms with Crippen LogP contribution in [-0.4, -0.2) is 30.1 Å². The quantitative estimate of drug-likeness (QED) is 0.839. The van der Waals surface area contributed by atoms with Gasteiger partial charge >= 0.3 is 0 Å². The van der Waals surface area contributed by atoms with E-state index in [0.29, 0.717) is 6.04 Å². The molecule has 2 heterocycles. The lowest BCUT2D eigenvalue weighted by Gasteiger charge is -2.34. The van der Waals surface area contributed by atoms with Crippen LogP contribution in [0.2, 0.25) is 0 Å². The van der Waals surface area contributed by atoms with Gasteiger partial charge in [0, 0.05) is 24.0 Å². The zero-order valence-electron chi connectivity index (χ0n) is 16.0. The van der Waals surface area contributed by atoms with E-state index in [1.807, 2.05) is 0 Å². The summed E-state index contributed by atoms with van der Waals surface area (Å²) in [6, 6.07) is 2.67. The first-order valence-electron chi connectivity index (χ1n) is 9.67. The van der Waals surface area contributed by atoms with Gasteiger partial charge in [-0.2, -0.15) is 0 Å². The molecule has 5 heteroatoms. The van der Waals surface area contributed by atoms with Gasteiger partial charge in [0.2, 0.25) is 0 Å². The molecule has 1 saturated carbocycles. The maximum Gasteiger partial charge on any atom is 0.253 e. The van der Waals surface area contributed by atoms with Crippen LogP contribution < -0.4 is 10.6 Å². The summed E-state index contributed by atoms with van der Waals surface area (Å²) in [5, 5.41) is 6.61. The van der Waals surface area contributed by atoms with Gasteiger partial charge in [0.15, 0.2) is 0 Å². The van der Waals surface area contributed by atoms with Crippen molar-refractivity contribution in [2.24, 2.45) is 5.41 Å². The van der Waals surface area contributed by atoms with Gasteiger partial charge in [-0.3, -0.25) is 4.79 Å². The predicted molar refractivity (Wildman–Crippen MR) is 106 cm³/mol. The molecule has 1 aliphatic heterocycles. The molecule has 4 nitrogen and oxygen atoms in total. The monoisotopic (exact) mass is 367 g/mol. The van der Waals surface area contributed by atoms with E-state index in [4.69, 9.17) is 0 Å². The summed E-state index contributed by atoms with van der Waals surface area (Å²) >= 11 is 0. The third-order valence-electron chi connectivity index (χ3n) is 6.16. The molecule has 1 aromatic heterocycles. The Kier molecular flexibility index (Phi) is 6.98. The third kappa shape index (κ3) is 4.59. The number of amides is 1. The van der Waals surface area contributed by atoms with Crippen LogP contribution in [0.3, 0.4) is 0 Å². The zero-order chi connectivity index (χ0) is 17.2. The predicted octanol–water partition coefficient (Wildman–Crippen LogP) is 4.15. The highest BCUT2D eigenvalue weighted by atomic mass is 35.5. The van der Waals surface area contributed by atoms with E-state index in [1.165, 1.54) is 37.8 Å². The molecule has 0 bridgehead atoms. The fraction of sp³-hybridized carbons (Fsp3) is 0.750. The highest BCUT2D eigenvalue weighted by molar-refractivity contribution is 5.95. The molecule has 142 valence electrons. The van der Waals surface area contributed by atoms with Gasteiger partial charge in [0.05, 0.1) is 5.56 Å². The van der Waals surface area contributed by atoms with E-state index in [-0.39, 0.29) is 23.7 Å². The van der Waals surface area contributed by atoms with Crippen LogP contribution in [0.15, 0.2) is 6.07 Å². The van der Waals surface area contributed by atoms with Crippen molar-refractivity contribution >= 4 is 18.3 Å². The maximum atomic E-state index is 12.8. The Morgan fingerprint density at radius 2 is 1.88 bits per heavy atom. The molecule has 25 heavy (non-hydrogen) atoms. The first-order valence-corrected chi connectivity index (χ1v) is 9.67. The van der Waals surface area contributed by atoms with E-state index in [0.717, 1.165) is 43.7 Å². The van der Waals surface area contributed by atoms with E-state index in [1.54, 1.807) is 0 Å². The number of nitrogens with zero attached hydrogens (tertiary/aromatic N) is 1. The van der Waals surface area contributed by atoms with E-state index in [2.05, 4.69) is 42.0 Å². The first kappa shape index (κ1) is 20.3. The van der Waals surface area contributed by atoms with Crippen molar-refractivity contribution in [3.63, 3.8) is 0 Å². The maximum absolute atomic E-state index is 12.8. The average molecular weight is 368 g/mol. The second-order valence-electron chi connectivity index (χ2n) is 8.19. The molecule has 2 N–H and O–H groups in total. The number of carbonyl (C=O) groups is 1. The minimum Gasteiger partial charge on any atom is -0.351 e. The molecule has 1 saturated heterocycles. The van der Waals surface area contributed by atoms with Gasteiger partial charge in [0.1, 0.15) is 0 Å².